The van der Waals surface area contributed by atoms with E-state index in [9.17, 15) is 0 Å². The lowest BCUT2D eigenvalue weighted by atomic mass is 10.1. The predicted octanol–water partition coefficient (Wildman–Crippen LogP) is 0.969. The third-order valence-corrected chi connectivity index (χ3v) is 2.31. The first-order valence-electron chi connectivity index (χ1n) is 5.11. The summed E-state index contributed by atoms with van der Waals surface area (Å²) in [6, 6.07) is 0.392. The van der Waals surface area contributed by atoms with Gasteiger partial charge in [0, 0.05) is 31.1 Å². The van der Waals surface area contributed by atoms with Crippen LogP contribution in [0.4, 0.5) is 0 Å². The SMILES string of the molecule is CCC(CCO)NCc1cnc(C)[nH]1. The van der Waals surface area contributed by atoms with Gasteiger partial charge in [-0.25, -0.2) is 4.98 Å². The molecule has 0 saturated carbocycles. The maximum absolute atomic E-state index is 8.81. The normalized spacial score (nSPS) is 13.1. The smallest absolute Gasteiger partial charge is 0.103 e. The number of aromatic amines is 1. The summed E-state index contributed by atoms with van der Waals surface area (Å²) < 4.78 is 0. The molecular weight excluding hydrogens is 178 g/mol. The minimum absolute atomic E-state index is 0.244. The Bertz CT molecular complexity index is 260. The third-order valence-electron chi connectivity index (χ3n) is 2.31. The van der Waals surface area contributed by atoms with Crippen LogP contribution in [0, 0.1) is 6.92 Å². The summed E-state index contributed by atoms with van der Waals surface area (Å²) in [6.07, 6.45) is 3.69. The summed E-state index contributed by atoms with van der Waals surface area (Å²) in [7, 11) is 0. The van der Waals surface area contributed by atoms with Crippen molar-refractivity contribution in [1.82, 2.24) is 15.3 Å². The number of aryl methyl sites for hydroxylation is 1. The van der Waals surface area contributed by atoms with Crippen molar-refractivity contribution in [2.75, 3.05) is 6.61 Å². The monoisotopic (exact) mass is 197 g/mol. The van der Waals surface area contributed by atoms with Gasteiger partial charge in [0.2, 0.25) is 0 Å². The summed E-state index contributed by atoms with van der Waals surface area (Å²) in [5, 5.41) is 12.2. The molecule has 80 valence electrons. The Morgan fingerprint density at radius 3 is 2.93 bits per heavy atom. The van der Waals surface area contributed by atoms with E-state index in [-0.39, 0.29) is 6.61 Å². The highest BCUT2D eigenvalue weighted by atomic mass is 16.3. The van der Waals surface area contributed by atoms with Gasteiger partial charge in [0.1, 0.15) is 5.82 Å². The number of aromatic nitrogens is 2. The molecule has 14 heavy (non-hydrogen) atoms. The molecule has 0 spiro atoms. The molecule has 4 nitrogen and oxygen atoms in total. The fourth-order valence-corrected chi connectivity index (χ4v) is 1.42. The highest BCUT2D eigenvalue weighted by molar-refractivity contribution is 4.99. The molecule has 1 rings (SSSR count). The van der Waals surface area contributed by atoms with Gasteiger partial charge >= 0.3 is 0 Å². The Morgan fingerprint density at radius 2 is 2.43 bits per heavy atom. The summed E-state index contributed by atoms with van der Waals surface area (Å²) in [5.41, 5.74) is 1.10. The fraction of sp³-hybridized carbons (Fsp3) is 0.700. The average Bonchev–Trinajstić information content (AvgIpc) is 2.59. The molecule has 0 aromatic carbocycles. The van der Waals surface area contributed by atoms with Crippen LogP contribution in [0.1, 0.15) is 31.3 Å². The van der Waals surface area contributed by atoms with E-state index >= 15 is 0 Å². The molecule has 1 aromatic rings. The highest BCUT2D eigenvalue weighted by Crippen LogP contribution is 2.00. The van der Waals surface area contributed by atoms with Crippen molar-refractivity contribution >= 4 is 0 Å². The van der Waals surface area contributed by atoms with E-state index in [2.05, 4.69) is 22.2 Å². The Balaban J connectivity index is 2.31. The molecule has 0 amide bonds. The first-order chi connectivity index (χ1) is 6.76. The maximum atomic E-state index is 8.81. The zero-order valence-corrected chi connectivity index (χ0v) is 8.88. The van der Waals surface area contributed by atoms with Gasteiger partial charge in [-0.15, -0.1) is 0 Å². The van der Waals surface area contributed by atoms with Crippen LogP contribution in [0.5, 0.6) is 0 Å². The van der Waals surface area contributed by atoms with Gasteiger partial charge in [-0.05, 0) is 19.8 Å². The van der Waals surface area contributed by atoms with Crippen molar-refractivity contribution in [3.05, 3.63) is 17.7 Å². The number of nitrogens with zero attached hydrogens (tertiary/aromatic N) is 1. The molecule has 0 radical (unpaired) electrons. The lowest BCUT2D eigenvalue weighted by Crippen LogP contribution is -2.28. The molecule has 1 unspecified atom stereocenters. The van der Waals surface area contributed by atoms with Gasteiger partial charge in [-0.3, -0.25) is 0 Å². The van der Waals surface area contributed by atoms with Crippen molar-refractivity contribution in [2.24, 2.45) is 0 Å². The summed E-state index contributed by atoms with van der Waals surface area (Å²) >= 11 is 0. The molecule has 0 bridgehead atoms. The van der Waals surface area contributed by atoms with Crippen LogP contribution >= 0.6 is 0 Å². The topological polar surface area (TPSA) is 60.9 Å². The number of aliphatic hydroxyl groups is 1. The number of nitrogens with one attached hydrogen (secondary N) is 2. The Hall–Kier alpha value is -0.870. The molecule has 1 heterocycles. The summed E-state index contributed by atoms with van der Waals surface area (Å²) in [6.45, 7) is 5.09. The molecule has 0 aliphatic carbocycles. The van der Waals surface area contributed by atoms with Crippen LogP contribution in [-0.2, 0) is 6.54 Å². The average molecular weight is 197 g/mol. The fourth-order valence-electron chi connectivity index (χ4n) is 1.42. The van der Waals surface area contributed by atoms with Crippen molar-refractivity contribution in [1.29, 1.82) is 0 Å². The second-order valence-corrected chi connectivity index (χ2v) is 3.49. The summed E-state index contributed by atoms with van der Waals surface area (Å²) in [4.78, 5) is 7.28. The lowest BCUT2D eigenvalue weighted by Gasteiger charge is -2.14. The van der Waals surface area contributed by atoms with Crippen LogP contribution in [-0.4, -0.2) is 27.7 Å². The zero-order chi connectivity index (χ0) is 10.4. The Labute approximate surface area is 84.8 Å². The minimum Gasteiger partial charge on any atom is -0.396 e. The number of H-pyrrole nitrogens is 1. The number of imidazole rings is 1. The van der Waals surface area contributed by atoms with Gasteiger partial charge in [0.05, 0.1) is 0 Å². The Morgan fingerprint density at radius 1 is 1.64 bits per heavy atom. The van der Waals surface area contributed by atoms with Gasteiger partial charge in [0.25, 0.3) is 0 Å². The molecule has 0 aliphatic heterocycles. The maximum Gasteiger partial charge on any atom is 0.103 e. The van der Waals surface area contributed by atoms with E-state index in [0.717, 1.165) is 30.9 Å². The van der Waals surface area contributed by atoms with Gasteiger partial charge < -0.3 is 15.4 Å². The number of rotatable bonds is 6. The lowest BCUT2D eigenvalue weighted by molar-refractivity contribution is 0.262. The van der Waals surface area contributed by atoms with Gasteiger partial charge in [-0.2, -0.15) is 0 Å². The molecule has 0 fully saturated rings. The number of aliphatic hydroxyl groups excluding tert-OH is 1. The van der Waals surface area contributed by atoms with Gasteiger partial charge in [0.15, 0.2) is 0 Å². The Kier molecular flexibility index (Phi) is 4.62. The van der Waals surface area contributed by atoms with E-state index in [1.54, 1.807) is 0 Å². The summed E-state index contributed by atoms with van der Waals surface area (Å²) in [5.74, 6) is 0.942. The van der Waals surface area contributed by atoms with E-state index < -0.39 is 0 Å². The standard InChI is InChI=1S/C10H19N3O/c1-3-9(4-5-14)12-7-10-6-11-8(2)13-10/h6,9,12,14H,3-5,7H2,1-2H3,(H,11,13). The second kappa shape index (κ2) is 5.78. The van der Waals surface area contributed by atoms with Gasteiger partial charge in [-0.1, -0.05) is 6.92 Å². The minimum atomic E-state index is 0.244. The predicted molar refractivity (Wildman–Crippen MR) is 55.9 cm³/mol. The zero-order valence-electron chi connectivity index (χ0n) is 8.88. The molecule has 4 heteroatoms. The van der Waals surface area contributed by atoms with Crippen LogP contribution in [0.2, 0.25) is 0 Å². The largest absolute Gasteiger partial charge is 0.396 e. The molecule has 1 atom stereocenters. The van der Waals surface area contributed by atoms with Crippen LogP contribution in [0.15, 0.2) is 6.20 Å². The van der Waals surface area contributed by atoms with Crippen LogP contribution in [0.3, 0.4) is 0 Å². The van der Waals surface area contributed by atoms with Crippen molar-refractivity contribution < 1.29 is 5.11 Å². The second-order valence-electron chi connectivity index (χ2n) is 3.49. The van der Waals surface area contributed by atoms with Crippen molar-refractivity contribution in [2.45, 2.75) is 39.3 Å². The van der Waals surface area contributed by atoms with E-state index in [1.807, 2.05) is 13.1 Å². The van der Waals surface area contributed by atoms with Crippen LogP contribution in [0.25, 0.3) is 0 Å². The quantitative estimate of drug-likeness (QED) is 0.637. The van der Waals surface area contributed by atoms with Crippen LogP contribution < -0.4 is 5.32 Å². The molecule has 1 aromatic heterocycles. The van der Waals surface area contributed by atoms with Crippen molar-refractivity contribution in [3.8, 4) is 0 Å². The number of hydrogen-bond donors (Lipinski definition) is 3. The first kappa shape index (κ1) is 11.2. The molecule has 3 N–H and O–H groups in total. The van der Waals surface area contributed by atoms with E-state index in [1.165, 1.54) is 0 Å². The molecular formula is C10H19N3O. The van der Waals surface area contributed by atoms with E-state index in [4.69, 9.17) is 5.11 Å². The first-order valence-corrected chi connectivity index (χ1v) is 5.11. The van der Waals surface area contributed by atoms with E-state index in [0.29, 0.717) is 6.04 Å². The molecule has 0 saturated heterocycles. The number of hydrogen-bond acceptors (Lipinski definition) is 3. The third kappa shape index (κ3) is 3.47. The van der Waals surface area contributed by atoms with Crippen molar-refractivity contribution in [3.63, 3.8) is 0 Å². The molecule has 0 aliphatic rings. The highest BCUT2D eigenvalue weighted by Gasteiger charge is 2.05.